The summed E-state index contributed by atoms with van der Waals surface area (Å²) in [6, 6.07) is 6.20. The van der Waals surface area contributed by atoms with Crippen LogP contribution in [0.15, 0.2) is 30.3 Å². The zero-order chi connectivity index (χ0) is 40.2. The van der Waals surface area contributed by atoms with Gasteiger partial charge in [-0.05, 0) is 49.5 Å². The molecule has 1 aromatic rings. The Balaban J connectivity index is 1.75. The van der Waals surface area contributed by atoms with Gasteiger partial charge in [0.05, 0.1) is 55.9 Å². The molecule has 14 nitrogen and oxygen atoms in total. The van der Waals surface area contributed by atoms with Gasteiger partial charge in [-0.15, -0.1) is 0 Å². The fourth-order valence-electron chi connectivity index (χ4n) is 7.87. The molecule has 2 fully saturated rings. The maximum Gasteiger partial charge on any atom is 0.328 e. The van der Waals surface area contributed by atoms with Crippen LogP contribution in [0, 0.1) is 17.8 Å². The normalized spacial score (nSPS) is 20.4. The Kier molecular flexibility index (Phi) is 17.2. The highest BCUT2D eigenvalue weighted by molar-refractivity contribution is 5.88. The molecule has 1 saturated heterocycles. The quantitative estimate of drug-likeness (QED) is 0.146. The molecule has 1 unspecified atom stereocenters. The summed E-state index contributed by atoms with van der Waals surface area (Å²) in [6.07, 6.45) is 3.23. The highest BCUT2D eigenvalue weighted by Crippen LogP contribution is 2.32. The molecular weight excluding hydrogens is 694 g/mol. The molecular formula is C40H65N5O9. The lowest BCUT2D eigenvalue weighted by Gasteiger charge is -2.42. The standard InChI is InChI=1S/C40H65N5O9/c1-10-26(4)34(44(6)37(49)33(25(2)3)42-39(51)43-40(24-46)19-15-20-40)31(52-7)23-32(47)45-21-14-18-30(45)35(53-8)27(5)36(48)41-29(38(50)54-9)22-28-16-12-11-13-17-28/h11-13,16-17,25-27,29-31,33-35,46H,10,14-15,18-24H2,1-9H3,(H,41,48)(H2,42,43,51)/t26-,27+,29-,30?,31+,33-,34-,35+/m0/s1. The number of carbonyl (C=O) groups excluding carboxylic acids is 5. The van der Waals surface area contributed by atoms with Gasteiger partial charge in [0.15, 0.2) is 0 Å². The summed E-state index contributed by atoms with van der Waals surface area (Å²) in [6.45, 7) is 9.78. The van der Waals surface area contributed by atoms with Crippen molar-refractivity contribution in [2.45, 2.75) is 128 Å². The van der Waals surface area contributed by atoms with Gasteiger partial charge in [0.2, 0.25) is 17.7 Å². The van der Waals surface area contributed by atoms with Crippen molar-refractivity contribution in [1.82, 2.24) is 25.8 Å². The molecule has 4 N–H and O–H groups in total. The van der Waals surface area contributed by atoms with Crippen LogP contribution < -0.4 is 16.0 Å². The molecule has 14 heteroatoms. The number of esters is 1. The average molecular weight is 760 g/mol. The zero-order valence-corrected chi connectivity index (χ0v) is 33.8. The van der Waals surface area contributed by atoms with E-state index >= 15 is 0 Å². The summed E-state index contributed by atoms with van der Waals surface area (Å²) in [5.74, 6) is -2.44. The van der Waals surface area contributed by atoms with E-state index in [-0.39, 0.29) is 49.0 Å². The van der Waals surface area contributed by atoms with Crippen molar-refractivity contribution in [2.24, 2.45) is 17.8 Å². The average Bonchev–Trinajstić information content (AvgIpc) is 3.64. The van der Waals surface area contributed by atoms with Crippen LogP contribution in [0.25, 0.3) is 0 Å². The van der Waals surface area contributed by atoms with Gasteiger partial charge in [0, 0.05) is 34.2 Å². The van der Waals surface area contributed by atoms with Gasteiger partial charge in [-0.25, -0.2) is 9.59 Å². The number of hydrogen-bond acceptors (Lipinski definition) is 9. The Morgan fingerprint density at radius 3 is 2.17 bits per heavy atom. The van der Waals surface area contributed by atoms with Crippen LogP contribution in [-0.2, 0) is 39.8 Å². The summed E-state index contributed by atoms with van der Waals surface area (Å²) < 4.78 is 16.9. The van der Waals surface area contributed by atoms with E-state index < -0.39 is 59.8 Å². The number of likely N-dealkylation sites (N-methyl/N-ethyl adjacent to an activating group) is 1. The summed E-state index contributed by atoms with van der Waals surface area (Å²) in [7, 11) is 6.02. The molecule has 0 aromatic heterocycles. The van der Waals surface area contributed by atoms with Crippen molar-refractivity contribution >= 4 is 29.7 Å². The number of nitrogens with one attached hydrogen (secondary N) is 3. The second-order valence-electron chi connectivity index (χ2n) is 15.5. The number of amides is 5. The predicted octanol–water partition coefficient (Wildman–Crippen LogP) is 3.05. The van der Waals surface area contributed by atoms with Crippen molar-refractivity contribution in [1.29, 1.82) is 0 Å². The van der Waals surface area contributed by atoms with Gasteiger partial charge >= 0.3 is 12.0 Å². The second kappa shape index (κ2) is 20.8. The van der Waals surface area contributed by atoms with Crippen molar-refractivity contribution in [3.8, 4) is 0 Å². The zero-order valence-electron chi connectivity index (χ0n) is 33.8. The fourth-order valence-corrected chi connectivity index (χ4v) is 7.87. The van der Waals surface area contributed by atoms with Crippen molar-refractivity contribution in [3.05, 3.63) is 35.9 Å². The first-order valence-electron chi connectivity index (χ1n) is 19.4. The summed E-state index contributed by atoms with van der Waals surface area (Å²) >= 11 is 0. The molecule has 0 bridgehead atoms. The van der Waals surface area contributed by atoms with Crippen LogP contribution >= 0.6 is 0 Å². The Morgan fingerprint density at radius 1 is 0.981 bits per heavy atom. The summed E-state index contributed by atoms with van der Waals surface area (Å²) in [4.78, 5) is 71.0. The Hall–Kier alpha value is -3.75. The second-order valence-corrected chi connectivity index (χ2v) is 15.5. The molecule has 54 heavy (non-hydrogen) atoms. The Labute approximate surface area is 321 Å². The predicted molar refractivity (Wildman–Crippen MR) is 204 cm³/mol. The smallest absolute Gasteiger partial charge is 0.328 e. The molecule has 1 aromatic carbocycles. The van der Waals surface area contributed by atoms with E-state index in [2.05, 4.69) is 16.0 Å². The minimum absolute atomic E-state index is 0.0165. The molecule has 1 heterocycles. The van der Waals surface area contributed by atoms with E-state index in [0.717, 1.165) is 18.4 Å². The number of urea groups is 1. The largest absolute Gasteiger partial charge is 0.467 e. The number of nitrogens with zero attached hydrogens (tertiary/aromatic N) is 2. The van der Waals surface area contributed by atoms with Crippen molar-refractivity contribution in [2.75, 3.05) is 41.5 Å². The highest BCUT2D eigenvalue weighted by Gasteiger charge is 2.44. The van der Waals surface area contributed by atoms with Gasteiger partial charge in [0.25, 0.3) is 0 Å². The number of ether oxygens (including phenoxy) is 3. The summed E-state index contributed by atoms with van der Waals surface area (Å²) in [5, 5.41) is 18.4. The maximum atomic E-state index is 14.2. The number of hydrogen-bond donors (Lipinski definition) is 4. The van der Waals surface area contributed by atoms with E-state index in [1.165, 1.54) is 21.3 Å². The lowest BCUT2D eigenvalue weighted by Crippen LogP contribution is -2.63. The first-order chi connectivity index (χ1) is 25.7. The SMILES string of the molecule is CC[C@H](C)[C@@H]([C@@H](CC(=O)N1CCCC1[C@H](OC)[C@@H](C)C(=O)N[C@@H](Cc1ccccc1)C(=O)OC)OC)N(C)C(=O)[C@@H](NC(=O)NC1(CO)CCC1)C(C)C. The first-order valence-corrected chi connectivity index (χ1v) is 19.4. The van der Waals surface area contributed by atoms with Crippen LogP contribution in [0.1, 0.15) is 85.1 Å². The minimum Gasteiger partial charge on any atom is -0.467 e. The molecule has 8 atom stereocenters. The van der Waals surface area contributed by atoms with Crippen LogP contribution in [0.3, 0.4) is 0 Å². The van der Waals surface area contributed by atoms with Gasteiger partial charge in [-0.1, -0.05) is 71.4 Å². The number of aliphatic hydroxyl groups is 1. The molecule has 304 valence electrons. The molecule has 5 amide bonds. The molecule has 3 rings (SSSR count). The Bertz CT molecular complexity index is 1390. The monoisotopic (exact) mass is 759 g/mol. The summed E-state index contributed by atoms with van der Waals surface area (Å²) in [5.41, 5.74) is 0.209. The fraction of sp³-hybridized carbons (Fsp3) is 0.725. The van der Waals surface area contributed by atoms with E-state index in [4.69, 9.17) is 14.2 Å². The van der Waals surface area contributed by atoms with Gasteiger partial charge in [0.1, 0.15) is 12.1 Å². The van der Waals surface area contributed by atoms with Crippen LogP contribution in [0.5, 0.6) is 0 Å². The van der Waals surface area contributed by atoms with Gasteiger partial charge < -0.3 is 45.1 Å². The Morgan fingerprint density at radius 2 is 1.65 bits per heavy atom. The van der Waals surface area contributed by atoms with Crippen LogP contribution in [-0.4, -0.2) is 128 Å². The van der Waals surface area contributed by atoms with Gasteiger partial charge in [-0.3, -0.25) is 14.4 Å². The molecule has 0 radical (unpaired) electrons. The molecule has 1 saturated carbocycles. The van der Waals surface area contributed by atoms with Crippen LogP contribution in [0.2, 0.25) is 0 Å². The van der Waals surface area contributed by atoms with E-state index in [9.17, 15) is 29.1 Å². The molecule has 1 aliphatic heterocycles. The topological polar surface area (TPSA) is 176 Å². The number of aliphatic hydroxyl groups excluding tert-OH is 1. The third-order valence-electron chi connectivity index (χ3n) is 11.6. The van der Waals surface area contributed by atoms with Crippen molar-refractivity contribution < 1.29 is 43.3 Å². The van der Waals surface area contributed by atoms with Crippen molar-refractivity contribution in [3.63, 3.8) is 0 Å². The number of methoxy groups -OCH3 is 3. The van der Waals surface area contributed by atoms with E-state index in [0.29, 0.717) is 32.2 Å². The third-order valence-corrected chi connectivity index (χ3v) is 11.6. The number of benzene rings is 1. The minimum atomic E-state index is -0.898. The molecule has 2 aliphatic rings. The lowest BCUT2D eigenvalue weighted by atomic mass is 9.77. The van der Waals surface area contributed by atoms with E-state index in [1.54, 1.807) is 23.8 Å². The number of rotatable bonds is 20. The maximum absolute atomic E-state index is 14.2. The lowest BCUT2D eigenvalue weighted by molar-refractivity contribution is -0.148. The first kappa shape index (κ1) is 44.6. The van der Waals surface area contributed by atoms with Crippen LogP contribution in [0.4, 0.5) is 4.79 Å². The third kappa shape index (κ3) is 11.2. The van der Waals surface area contributed by atoms with E-state index in [1.807, 2.05) is 58.0 Å². The van der Waals surface area contributed by atoms with Gasteiger partial charge in [-0.2, -0.15) is 0 Å². The number of likely N-dealkylation sites (tertiary alicyclic amines) is 1. The number of carbonyl (C=O) groups is 5. The molecule has 1 aliphatic carbocycles. The molecule has 0 spiro atoms. The highest BCUT2D eigenvalue weighted by atomic mass is 16.5.